The molecule has 1 aliphatic heterocycles. The predicted molar refractivity (Wildman–Crippen MR) is 100.0 cm³/mol. The fourth-order valence-electron chi connectivity index (χ4n) is 3.05. The van der Waals surface area contributed by atoms with Crippen LogP contribution in [-0.2, 0) is 10.2 Å². The molecular weight excluding hydrogens is 328 g/mol. The summed E-state index contributed by atoms with van der Waals surface area (Å²) in [5, 5.41) is 12.7. The van der Waals surface area contributed by atoms with Crippen LogP contribution >= 0.6 is 0 Å². The lowest BCUT2D eigenvalue weighted by molar-refractivity contribution is 0.0186. The summed E-state index contributed by atoms with van der Waals surface area (Å²) in [6.07, 6.45) is 0. The third kappa shape index (κ3) is 4.24. The van der Waals surface area contributed by atoms with Crippen LogP contribution in [0.1, 0.15) is 44.0 Å². The Bertz CT molecular complexity index is 752. The Labute approximate surface area is 154 Å². The van der Waals surface area contributed by atoms with Crippen LogP contribution in [0.3, 0.4) is 0 Å². The molecule has 138 valence electrons. The summed E-state index contributed by atoms with van der Waals surface area (Å²) in [6, 6.07) is 12.7. The highest BCUT2D eigenvalue weighted by Crippen LogP contribution is 2.28. The summed E-state index contributed by atoms with van der Waals surface area (Å²) in [7, 11) is 0. The Morgan fingerprint density at radius 1 is 1.23 bits per heavy atom. The molecule has 0 unspecified atom stereocenters. The average molecular weight is 354 g/mol. The van der Waals surface area contributed by atoms with Crippen LogP contribution in [0.2, 0.25) is 0 Å². The maximum atomic E-state index is 9.39. The van der Waals surface area contributed by atoms with Gasteiger partial charge in [0.2, 0.25) is 17.5 Å². The van der Waals surface area contributed by atoms with E-state index in [1.54, 1.807) is 0 Å². The molecule has 2 heterocycles. The first-order valence-corrected chi connectivity index (χ1v) is 9.01. The molecule has 1 atom stereocenters. The van der Waals surface area contributed by atoms with E-state index in [0.29, 0.717) is 24.0 Å². The largest absolute Gasteiger partial charge is 0.423 e. The number of benzene rings is 1. The number of oxazole rings is 1. The van der Waals surface area contributed by atoms with Crippen molar-refractivity contribution < 1.29 is 9.15 Å². The third-order valence-electron chi connectivity index (χ3n) is 4.50. The van der Waals surface area contributed by atoms with Crippen LogP contribution in [0.15, 0.2) is 34.7 Å². The predicted octanol–water partition coefficient (Wildman–Crippen LogP) is 3.33. The van der Waals surface area contributed by atoms with E-state index >= 15 is 0 Å². The molecule has 2 aromatic rings. The Kier molecular flexibility index (Phi) is 5.60. The van der Waals surface area contributed by atoms with Gasteiger partial charge in [0.25, 0.3) is 0 Å². The molecule has 1 fully saturated rings. The molecule has 0 spiro atoms. The molecule has 6 nitrogen and oxygen atoms in total. The zero-order valence-corrected chi connectivity index (χ0v) is 15.7. The molecule has 0 radical (unpaired) electrons. The normalized spacial score (nSPS) is 16.8. The SMILES string of the molecule is CC(C)(C)c1nc(C#N)c(NC[C@@H](c2ccccc2)N2CCOCC2)o1. The monoisotopic (exact) mass is 354 g/mol. The number of nitrogens with zero attached hydrogens (tertiary/aromatic N) is 3. The topological polar surface area (TPSA) is 74.3 Å². The lowest BCUT2D eigenvalue weighted by Crippen LogP contribution is -2.41. The first-order valence-electron chi connectivity index (χ1n) is 9.01. The second kappa shape index (κ2) is 7.90. The number of aromatic nitrogens is 1. The van der Waals surface area contributed by atoms with E-state index in [-0.39, 0.29) is 11.5 Å². The second-order valence-electron chi connectivity index (χ2n) is 7.51. The lowest BCUT2D eigenvalue weighted by atomic mass is 9.97. The summed E-state index contributed by atoms with van der Waals surface area (Å²) < 4.78 is 11.3. The van der Waals surface area contributed by atoms with Gasteiger partial charge in [-0.1, -0.05) is 51.1 Å². The quantitative estimate of drug-likeness (QED) is 0.888. The van der Waals surface area contributed by atoms with Crippen molar-refractivity contribution in [3.8, 4) is 6.07 Å². The standard InChI is InChI=1S/C20H26N4O2/c1-20(2,3)19-23-16(13-21)18(26-19)22-14-17(15-7-5-4-6-8-15)24-9-11-25-12-10-24/h4-8,17,22H,9-12,14H2,1-3H3/t17-/m0/s1. The number of nitrogens with one attached hydrogen (secondary N) is 1. The maximum absolute atomic E-state index is 9.39. The fourth-order valence-corrected chi connectivity index (χ4v) is 3.05. The Balaban J connectivity index is 1.80. The van der Waals surface area contributed by atoms with Gasteiger partial charge in [-0.2, -0.15) is 10.2 Å². The molecule has 0 bridgehead atoms. The molecule has 6 heteroatoms. The number of ether oxygens (including phenoxy) is 1. The van der Waals surface area contributed by atoms with Gasteiger partial charge in [-0.3, -0.25) is 4.90 Å². The van der Waals surface area contributed by atoms with Gasteiger partial charge in [-0.15, -0.1) is 0 Å². The van der Waals surface area contributed by atoms with Gasteiger partial charge in [-0.25, -0.2) is 0 Å². The first-order chi connectivity index (χ1) is 12.5. The average Bonchev–Trinajstić information content (AvgIpc) is 3.07. The van der Waals surface area contributed by atoms with E-state index < -0.39 is 0 Å². The summed E-state index contributed by atoms with van der Waals surface area (Å²) in [5.41, 5.74) is 1.30. The van der Waals surface area contributed by atoms with Crippen LogP contribution in [0.25, 0.3) is 0 Å². The summed E-state index contributed by atoms with van der Waals surface area (Å²) >= 11 is 0. The highest BCUT2D eigenvalue weighted by atomic mass is 16.5. The summed E-state index contributed by atoms with van der Waals surface area (Å²) in [5.74, 6) is 1.02. The van der Waals surface area contributed by atoms with Crippen molar-refractivity contribution in [2.24, 2.45) is 0 Å². The lowest BCUT2D eigenvalue weighted by Gasteiger charge is -2.34. The molecule has 26 heavy (non-hydrogen) atoms. The number of nitriles is 1. The molecule has 1 aromatic carbocycles. The number of morpholine rings is 1. The van der Waals surface area contributed by atoms with Gasteiger partial charge in [0.1, 0.15) is 6.07 Å². The van der Waals surface area contributed by atoms with E-state index in [9.17, 15) is 5.26 Å². The fraction of sp³-hybridized carbons (Fsp3) is 0.500. The Morgan fingerprint density at radius 2 is 1.92 bits per heavy atom. The van der Waals surface area contributed by atoms with Crippen molar-refractivity contribution in [3.05, 3.63) is 47.5 Å². The molecule has 1 aromatic heterocycles. The molecular formula is C20H26N4O2. The number of anilines is 1. The van der Waals surface area contributed by atoms with Gasteiger partial charge in [0, 0.05) is 25.0 Å². The minimum atomic E-state index is -0.241. The highest BCUT2D eigenvalue weighted by Gasteiger charge is 2.26. The molecule has 0 aliphatic carbocycles. The van der Waals surface area contributed by atoms with Crippen LogP contribution < -0.4 is 5.32 Å². The van der Waals surface area contributed by atoms with E-state index in [1.165, 1.54) is 5.56 Å². The third-order valence-corrected chi connectivity index (χ3v) is 4.50. The van der Waals surface area contributed by atoms with Crippen molar-refractivity contribution in [1.82, 2.24) is 9.88 Å². The molecule has 1 saturated heterocycles. The van der Waals surface area contributed by atoms with Crippen molar-refractivity contribution >= 4 is 5.88 Å². The van der Waals surface area contributed by atoms with E-state index in [4.69, 9.17) is 9.15 Å². The van der Waals surface area contributed by atoms with Crippen molar-refractivity contribution in [1.29, 1.82) is 5.26 Å². The zero-order chi connectivity index (χ0) is 18.6. The summed E-state index contributed by atoms with van der Waals surface area (Å²) in [6.45, 7) is 9.94. The molecule has 0 saturated carbocycles. The number of hydrogen-bond acceptors (Lipinski definition) is 6. The Hall–Kier alpha value is -2.36. The van der Waals surface area contributed by atoms with Crippen molar-refractivity contribution in [2.45, 2.75) is 32.2 Å². The Morgan fingerprint density at radius 3 is 2.54 bits per heavy atom. The number of hydrogen-bond donors (Lipinski definition) is 1. The zero-order valence-electron chi connectivity index (χ0n) is 15.7. The second-order valence-corrected chi connectivity index (χ2v) is 7.51. The molecule has 0 amide bonds. The molecule has 1 N–H and O–H groups in total. The van der Waals surface area contributed by atoms with E-state index in [2.05, 4.69) is 45.5 Å². The van der Waals surface area contributed by atoms with E-state index in [1.807, 2.05) is 26.8 Å². The highest BCUT2D eigenvalue weighted by molar-refractivity contribution is 5.46. The van der Waals surface area contributed by atoms with Gasteiger partial charge >= 0.3 is 0 Å². The minimum Gasteiger partial charge on any atom is -0.423 e. The summed E-state index contributed by atoms with van der Waals surface area (Å²) in [4.78, 5) is 6.74. The van der Waals surface area contributed by atoms with Gasteiger partial charge in [-0.05, 0) is 5.56 Å². The number of rotatable bonds is 5. The van der Waals surface area contributed by atoms with Crippen molar-refractivity contribution in [2.75, 3.05) is 38.2 Å². The minimum absolute atomic E-state index is 0.176. The smallest absolute Gasteiger partial charge is 0.232 e. The van der Waals surface area contributed by atoms with Gasteiger partial charge in [0.05, 0.1) is 19.3 Å². The van der Waals surface area contributed by atoms with Crippen molar-refractivity contribution in [3.63, 3.8) is 0 Å². The van der Waals surface area contributed by atoms with Gasteiger partial charge < -0.3 is 14.5 Å². The van der Waals surface area contributed by atoms with Crippen LogP contribution in [0, 0.1) is 11.3 Å². The molecule has 3 rings (SSSR count). The maximum Gasteiger partial charge on any atom is 0.232 e. The van der Waals surface area contributed by atoms with Crippen LogP contribution in [0.5, 0.6) is 0 Å². The molecule has 1 aliphatic rings. The first kappa shape index (κ1) is 18.4. The van der Waals surface area contributed by atoms with Crippen LogP contribution in [-0.4, -0.2) is 42.7 Å². The van der Waals surface area contributed by atoms with E-state index in [0.717, 1.165) is 26.3 Å². The van der Waals surface area contributed by atoms with Gasteiger partial charge in [0.15, 0.2) is 0 Å². The van der Waals surface area contributed by atoms with Crippen LogP contribution in [0.4, 0.5) is 5.88 Å².